The maximum absolute atomic E-state index is 12.7. The van der Waals surface area contributed by atoms with Gasteiger partial charge in [0.1, 0.15) is 12.7 Å². The molecule has 0 saturated carbocycles. The Bertz CT molecular complexity index is 704. The molecule has 1 saturated heterocycles. The molecule has 2 aromatic rings. The maximum atomic E-state index is 12.7. The molecule has 1 fully saturated rings. The summed E-state index contributed by atoms with van der Waals surface area (Å²) in [6, 6.07) is 5.70. The van der Waals surface area contributed by atoms with Gasteiger partial charge in [0.25, 0.3) is 0 Å². The van der Waals surface area contributed by atoms with Gasteiger partial charge in [-0.25, -0.2) is 4.79 Å². The van der Waals surface area contributed by atoms with E-state index in [0.29, 0.717) is 26.3 Å². The zero-order valence-electron chi connectivity index (χ0n) is 14.3. The molecule has 134 valence electrons. The molecule has 0 spiro atoms. The molecule has 2 heterocycles. The molecule has 1 aliphatic rings. The number of urea groups is 1. The second-order valence-corrected chi connectivity index (χ2v) is 6.06. The number of rotatable bonds is 4. The number of carbonyl (C=O) groups excluding carboxylic acids is 1. The predicted molar refractivity (Wildman–Crippen MR) is 92.7 cm³/mol. The average Bonchev–Trinajstić information content (AvgIpc) is 3.06. The predicted octanol–water partition coefficient (Wildman–Crippen LogP) is 1.30. The molecule has 1 aromatic heterocycles. The van der Waals surface area contributed by atoms with Gasteiger partial charge in [0.2, 0.25) is 0 Å². The number of aliphatic hydroxyl groups is 1. The number of nitrogens with zero attached hydrogens (tertiary/aromatic N) is 4. The highest BCUT2D eigenvalue weighted by Gasteiger charge is 2.22. The minimum atomic E-state index is -0.181. The summed E-state index contributed by atoms with van der Waals surface area (Å²) in [7, 11) is 0. The minimum Gasteiger partial charge on any atom is -0.396 e. The van der Waals surface area contributed by atoms with E-state index in [1.807, 2.05) is 25.1 Å². The number of amides is 2. The maximum Gasteiger partial charge on any atom is 0.321 e. The second-order valence-electron chi connectivity index (χ2n) is 6.06. The van der Waals surface area contributed by atoms with Crippen LogP contribution < -0.4 is 5.32 Å². The summed E-state index contributed by atoms with van der Waals surface area (Å²) in [6.45, 7) is 4.00. The van der Waals surface area contributed by atoms with Crippen molar-refractivity contribution >= 4 is 11.7 Å². The number of hydrogen-bond acceptors (Lipinski definition) is 5. The summed E-state index contributed by atoms with van der Waals surface area (Å²) in [6.07, 6.45) is 4.04. The summed E-state index contributed by atoms with van der Waals surface area (Å²) in [5, 5.41) is 20.0. The van der Waals surface area contributed by atoms with Crippen molar-refractivity contribution in [1.82, 2.24) is 19.7 Å². The van der Waals surface area contributed by atoms with E-state index in [1.165, 1.54) is 0 Å². The Balaban J connectivity index is 1.78. The van der Waals surface area contributed by atoms with Crippen molar-refractivity contribution in [3.8, 4) is 5.69 Å². The van der Waals surface area contributed by atoms with Crippen LogP contribution in [0, 0.1) is 5.92 Å². The van der Waals surface area contributed by atoms with Gasteiger partial charge in [0.15, 0.2) is 0 Å². The highest BCUT2D eigenvalue weighted by atomic mass is 16.5. The summed E-state index contributed by atoms with van der Waals surface area (Å²) >= 11 is 0. The van der Waals surface area contributed by atoms with Crippen LogP contribution in [0.5, 0.6) is 0 Å². The van der Waals surface area contributed by atoms with Crippen molar-refractivity contribution in [2.75, 3.05) is 38.2 Å². The van der Waals surface area contributed by atoms with Crippen LogP contribution >= 0.6 is 0 Å². The lowest BCUT2D eigenvalue weighted by atomic mass is 10.1. The van der Waals surface area contributed by atoms with Crippen molar-refractivity contribution in [3.05, 3.63) is 36.4 Å². The molecule has 1 aliphatic heterocycles. The van der Waals surface area contributed by atoms with Crippen LogP contribution in [0.25, 0.3) is 5.69 Å². The molecule has 1 unspecified atom stereocenters. The monoisotopic (exact) mass is 345 g/mol. The van der Waals surface area contributed by atoms with Gasteiger partial charge in [-0.05, 0) is 24.1 Å². The van der Waals surface area contributed by atoms with Gasteiger partial charge < -0.3 is 20.1 Å². The van der Waals surface area contributed by atoms with Crippen molar-refractivity contribution < 1.29 is 14.6 Å². The van der Waals surface area contributed by atoms with E-state index in [9.17, 15) is 9.90 Å². The smallest absolute Gasteiger partial charge is 0.321 e. The SMILES string of the molecule is CCc1ccc(-n2cnnc2)cc1NC(=O)N1CCOCC(CO)C1. The zero-order valence-corrected chi connectivity index (χ0v) is 14.3. The number of hydrogen-bond donors (Lipinski definition) is 2. The van der Waals surface area contributed by atoms with Gasteiger partial charge in [-0.2, -0.15) is 0 Å². The van der Waals surface area contributed by atoms with E-state index in [-0.39, 0.29) is 18.6 Å². The molecule has 1 aromatic carbocycles. The first-order chi connectivity index (χ1) is 12.2. The fourth-order valence-corrected chi connectivity index (χ4v) is 2.85. The second kappa shape index (κ2) is 8.09. The zero-order chi connectivity index (χ0) is 17.6. The molecule has 3 rings (SSSR count). The fraction of sp³-hybridized carbons (Fsp3) is 0.471. The number of aliphatic hydroxyl groups excluding tert-OH is 1. The van der Waals surface area contributed by atoms with E-state index >= 15 is 0 Å². The molecule has 25 heavy (non-hydrogen) atoms. The lowest BCUT2D eigenvalue weighted by Crippen LogP contribution is -2.39. The third kappa shape index (κ3) is 4.15. The van der Waals surface area contributed by atoms with Crippen LogP contribution in [0.4, 0.5) is 10.5 Å². The molecule has 8 nitrogen and oxygen atoms in total. The standard InChI is InChI=1S/C17H23N5O3/c1-2-14-3-4-15(22-11-18-19-12-22)7-16(14)20-17(24)21-5-6-25-10-13(8-21)9-23/h3-4,7,11-13,23H,2,5-6,8-10H2,1H3,(H,20,24). The molecule has 0 aliphatic carbocycles. The van der Waals surface area contributed by atoms with Crippen LogP contribution in [0.15, 0.2) is 30.9 Å². The quantitative estimate of drug-likeness (QED) is 0.871. The Kier molecular flexibility index (Phi) is 5.62. The van der Waals surface area contributed by atoms with Gasteiger partial charge in [0, 0.05) is 31.3 Å². The van der Waals surface area contributed by atoms with E-state index in [4.69, 9.17) is 4.74 Å². The molecular formula is C17H23N5O3. The summed E-state index contributed by atoms with van der Waals surface area (Å²) < 4.78 is 7.23. The number of aromatic nitrogens is 3. The number of ether oxygens (including phenoxy) is 1. The Morgan fingerprint density at radius 1 is 1.40 bits per heavy atom. The van der Waals surface area contributed by atoms with Gasteiger partial charge in [-0.1, -0.05) is 13.0 Å². The number of anilines is 1. The first-order valence-electron chi connectivity index (χ1n) is 8.43. The van der Waals surface area contributed by atoms with E-state index in [0.717, 1.165) is 23.4 Å². The molecule has 0 radical (unpaired) electrons. The number of aryl methyl sites for hydroxylation is 1. The van der Waals surface area contributed by atoms with Crippen LogP contribution in [-0.4, -0.2) is 63.7 Å². The van der Waals surface area contributed by atoms with Gasteiger partial charge >= 0.3 is 6.03 Å². The highest BCUT2D eigenvalue weighted by molar-refractivity contribution is 5.90. The highest BCUT2D eigenvalue weighted by Crippen LogP contribution is 2.21. The Labute approximate surface area is 146 Å². The van der Waals surface area contributed by atoms with Crippen LogP contribution in [0.1, 0.15) is 12.5 Å². The van der Waals surface area contributed by atoms with Crippen LogP contribution in [0.2, 0.25) is 0 Å². The van der Waals surface area contributed by atoms with Crippen molar-refractivity contribution in [2.24, 2.45) is 5.92 Å². The normalized spacial score (nSPS) is 18.0. The van der Waals surface area contributed by atoms with Gasteiger partial charge in [0.05, 0.1) is 18.9 Å². The number of nitrogens with one attached hydrogen (secondary N) is 1. The van der Waals surface area contributed by atoms with Crippen molar-refractivity contribution in [3.63, 3.8) is 0 Å². The van der Waals surface area contributed by atoms with E-state index in [1.54, 1.807) is 22.1 Å². The first kappa shape index (κ1) is 17.4. The fourth-order valence-electron chi connectivity index (χ4n) is 2.85. The number of benzene rings is 1. The first-order valence-corrected chi connectivity index (χ1v) is 8.43. The molecule has 8 heteroatoms. The summed E-state index contributed by atoms with van der Waals surface area (Å²) in [4.78, 5) is 14.4. The summed E-state index contributed by atoms with van der Waals surface area (Å²) in [5.74, 6) is -0.0535. The van der Waals surface area contributed by atoms with E-state index < -0.39 is 0 Å². The molecular weight excluding hydrogens is 322 g/mol. The molecule has 0 bridgehead atoms. The molecule has 1 atom stereocenters. The Morgan fingerprint density at radius 3 is 2.92 bits per heavy atom. The van der Waals surface area contributed by atoms with Crippen LogP contribution in [0.3, 0.4) is 0 Å². The minimum absolute atomic E-state index is 0.00705. The Hall–Kier alpha value is -2.45. The van der Waals surface area contributed by atoms with Crippen molar-refractivity contribution in [2.45, 2.75) is 13.3 Å². The van der Waals surface area contributed by atoms with Gasteiger partial charge in [-0.15, -0.1) is 10.2 Å². The lowest BCUT2D eigenvalue weighted by molar-refractivity contribution is 0.0958. The third-order valence-corrected chi connectivity index (χ3v) is 4.32. The molecule has 2 N–H and O–H groups in total. The number of carbonyl (C=O) groups is 1. The molecule has 2 amide bonds. The third-order valence-electron chi connectivity index (χ3n) is 4.32. The van der Waals surface area contributed by atoms with E-state index in [2.05, 4.69) is 15.5 Å². The summed E-state index contributed by atoms with van der Waals surface area (Å²) in [5.41, 5.74) is 2.70. The average molecular weight is 345 g/mol. The Morgan fingerprint density at radius 2 is 2.20 bits per heavy atom. The topological polar surface area (TPSA) is 92.5 Å². The van der Waals surface area contributed by atoms with Crippen molar-refractivity contribution in [1.29, 1.82) is 0 Å². The largest absolute Gasteiger partial charge is 0.396 e. The van der Waals surface area contributed by atoms with Gasteiger partial charge in [-0.3, -0.25) is 4.57 Å². The lowest BCUT2D eigenvalue weighted by Gasteiger charge is -2.24. The van der Waals surface area contributed by atoms with Crippen LogP contribution in [-0.2, 0) is 11.2 Å².